The van der Waals surface area contributed by atoms with E-state index in [1.54, 1.807) is 6.07 Å². The number of ether oxygens (including phenoxy) is 1. The van der Waals surface area contributed by atoms with Crippen molar-refractivity contribution in [2.24, 2.45) is 0 Å². The molecule has 0 fully saturated rings. The first-order valence-electron chi connectivity index (χ1n) is 4.44. The standard InChI is InChI=1S/C11H10ClNO2/c1-3-7-5-10(12)8(6-13)4-9(7)11(14)15-2/h4-5H,3H2,1-2H3. The van der Waals surface area contributed by atoms with Crippen LogP contribution < -0.4 is 0 Å². The Balaban J connectivity index is 3.36. The molecule has 0 aromatic heterocycles. The maximum absolute atomic E-state index is 11.4. The van der Waals surface area contributed by atoms with Crippen molar-refractivity contribution >= 4 is 17.6 Å². The number of carbonyl (C=O) groups is 1. The monoisotopic (exact) mass is 223 g/mol. The van der Waals surface area contributed by atoms with E-state index in [1.165, 1.54) is 13.2 Å². The topological polar surface area (TPSA) is 50.1 Å². The summed E-state index contributed by atoms with van der Waals surface area (Å²) in [6, 6.07) is 5.02. The van der Waals surface area contributed by atoms with E-state index >= 15 is 0 Å². The Labute approximate surface area is 93.2 Å². The summed E-state index contributed by atoms with van der Waals surface area (Å²) in [5.41, 5.74) is 1.47. The minimum Gasteiger partial charge on any atom is -0.465 e. The van der Waals surface area contributed by atoms with Gasteiger partial charge in [-0.25, -0.2) is 4.79 Å². The van der Waals surface area contributed by atoms with E-state index < -0.39 is 5.97 Å². The maximum Gasteiger partial charge on any atom is 0.338 e. The minimum absolute atomic E-state index is 0.286. The summed E-state index contributed by atoms with van der Waals surface area (Å²) in [5.74, 6) is -0.444. The summed E-state index contributed by atoms with van der Waals surface area (Å²) in [7, 11) is 1.31. The van der Waals surface area contributed by atoms with Crippen LogP contribution in [0.25, 0.3) is 0 Å². The second-order valence-electron chi connectivity index (χ2n) is 2.95. The summed E-state index contributed by atoms with van der Waals surface area (Å²) >= 11 is 5.85. The first-order chi connectivity index (χ1) is 7.13. The molecule has 0 radical (unpaired) electrons. The Hall–Kier alpha value is -1.53. The lowest BCUT2D eigenvalue weighted by atomic mass is 10.0. The molecule has 1 rings (SSSR count). The predicted octanol–water partition coefficient (Wildman–Crippen LogP) is 2.56. The SMILES string of the molecule is CCc1cc(Cl)c(C#N)cc1C(=O)OC. The van der Waals surface area contributed by atoms with Crippen LogP contribution in [0.1, 0.15) is 28.4 Å². The van der Waals surface area contributed by atoms with Gasteiger partial charge in [0.2, 0.25) is 0 Å². The lowest BCUT2D eigenvalue weighted by molar-refractivity contribution is 0.0599. The lowest BCUT2D eigenvalue weighted by Gasteiger charge is -2.07. The van der Waals surface area contributed by atoms with Crippen LogP contribution in [-0.2, 0) is 11.2 Å². The molecule has 0 heterocycles. The van der Waals surface area contributed by atoms with Gasteiger partial charge in [0.1, 0.15) is 6.07 Å². The van der Waals surface area contributed by atoms with Crippen molar-refractivity contribution in [1.29, 1.82) is 5.26 Å². The number of rotatable bonds is 2. The van der Waals surface area contributed by atoms with Crippen LogP contribution in [0.15, 0.2) is 12.1 Å². The van der Waals surface area contributed by atoms with Crippen molar-refractivity contribution in [1.82, 2.24) is 0 Å². The van der Waals surface area contributed by atoms with Crippen molar-refractivity contribution in [2.45, 2.75) is 13.3 Å². The number of halogens is 1. The van der Waals surface area contributed by atoms with Gasteiger partial charge in [-0.1, -0.05) is 18.5 Å². The fourth-order valence-electron chi connectivity index (χ4n) is 1.29. The van der Waals surface area contributed by atoms with Crippen LogP contribution in [0, 0.1) is 11.3 Å². The van der Waals surface area contributed by atoms with Crippen LogP contribution in [0.5, 0.6) is 0 Å². The molecule has 4 heteroatoms. The summed E-state index contributed by atoms with van der Waals surface area (Å²) < 4.78 is 4.63. The van der Waals surface area contributed by atoms with Crippen LogP contribution in [-0.4, -0.2) is 13.1 Å². The summed E-state index contributed by atoms with van der Waals surface area (Å²) in [4.78, 5) is 11.4. The quantitative estimate of drug-likeness (QED) is 0.724. The van der Waals surface area contributed by atoms with Gasteiger partial charge in [-0.3, -0.25) is 0 Å². The number of aryl methyl sites for hydroxylation is 1. The summed E-state index contributed by atoms with van der Waals surface area (Å²) in [6.45, 7) is 1.91. The highest BCUT2D eigenvalue weighted by atomic mass is 35.5. The predicted molar refractivity (Wildman–Crippen MR) is 56.9 cm³/mol. The van der Waals surface area contributed by atoms with E-state index in [-0.39, 0.29) is 5.56 Å². The highest BCUT2D eigenvalue weighted by molar-refractivity contribution is 6.32. The fourth-order valence-corrected chi connectivity index (χ4v) is 1.52. The van der Waals surface area contributed by atoms with E-state index in [4.69, 9.17) is 16.9 Å². The molecule has 0 unspecified atom stereocenters. The molecule has 0 saturated carbocycles. The van der Waals surface area contributed by atoms with Crippen molar-refractivity contribution in [3.63, 3.8) is 0 Å². The van der Waals surface area contributed by atoms with Gasteiger partial charge in [0.05, 0.1) is 23.3 Å². The number of carbonyl (C=O) groups excluding carboxylic acids is 1. The van der Waals surface area contributed by atoms with Gasteiger partial charge in [0.15, 0.2) is 0 Å². The largest absolute Gasteiger partial charge is 0.465 e. The number of methoxy groups -OCH3 is 1. The second kappa shape index (κ2) is 4.81. The van der Waals surface area contributed by atoms with Crippen molar-refractivity contribution < 1.29 is 9.53 Å². The van der Waals surface area contributed by atoms with Crippen LogP contribution in [0.4, 0.5) is 0 Å². The van der Waals surface area contributed by atoms with Gasteiger partial charge in [0.25, 0.3) is 0 Å². The van der Waals surface area contributed by atoms with Crippen LogP contribution in [0.2, 0.25) is 5.02 Å². The smallest absolute Gasteiger partial charge is 0.338 e. The van der Waals surface area contributed by atoms with Gasteiger partial charge < -0.3 is 4.74 Å². The molecule has 0 atom stereocenters. The fraction of sp³-hybridized carbons (Fsp3) is 0.273. The van der Waals surface area contributed by atoms with Gasteiger partial charge in [0, 0.05) is 0 Å². The second-order valence-corrected chi connectivity index (χ2v) is 3.35. The Morgan fingerprint density at radius 2 is 2.27 bits per heavy atom. The van der Waals surface area contributed by atoms with Crippen LogP contribution >= 0.6 is 11.6 Å². The average Bonchev–Trinajstić information content (AvgIpc) is 2.27. The van der Waals surface area contributed by atoms with E-state index in [0.29, 0.717) is 17.0 Å². The minimum atomic E-state index is -0.444. The van der Waals surface area contributed by atoms with Crippen molar-refractivity contribution in [2.75, 3.05) is 7.11 Å². The maximum atomic E-state index is 11.4. The Kier molecular flexibility index (Phi) is 3.70. The zero-order valence-electron chi connectivity index (χ0n) is 8.50. The third-order valence-corrected chi connectivity index (χ3v) is 2.41. The third kappa shape index (κ3) is 2.28. The highest BCUT2D eigenvalue weighted by Crippen LogP contribution is 2.22. The molecule has 3 nitrogen and oxygen atoms in total. The van der Waals surface area contributed by atoms with E-state index in [2.05, 4.69) is 4.74 Å². The molecule has 0 aliphatic rings. The molecular formula is C11H10ClNO2. The first-order valence-corrected chi connectivity index (χ1v) is 4.82. The van der Waals surface area contributed by atoms with E-state index in [9.17, 15) is 4.79 Å². The summed E-state index contributed by atoms with van der Waals surface area (Å²) in [6.07, 6.45) is 0.663. The molecular weight excluding hydrogens is 214 g/mol. The summed E-state index contributed by atoms with van der Waals surface area (Å²) in [5, 5.41) is 9.14. The van der Waals surface area contributed by atoms with Crippen LogP contribution in [0.3, 0.4) is 0 Å². The number of nitriles is 1. The zero-order valence-corrected chi connectivity index (χ0v) is 9.26. The zero-order chi connectivity index (χ0) is 11.4. The Bertz CT molecular complexity index is 435. The number of hydrogen-bond acceptors (Lipinski definition) is 3. The first kappa shape index (κ1) is 11.5. The average molecular weight is 224 g/mol. The molecule has 1 aromatic rings. The highest BCUT2D eigenvalue weighted by Gasteiger charge is 2.14. The molecule has 0 N–H and O–H groups in total. The van der Waals surface area contributed by atoms with E-state index in [0.717, 1.165) is 5.56 Å². The van der Waals surface area contributed by atoms with Gasteiger partial charge >= 0.3 is 5.97 Å². The molecule has 0 aliphatic carbocycles. The number of hydrogen-bond donors (Lipinski definition) is 0. The molecule has 78 valence electrons. The lowest BCUT2D eigenvalue weighted by Crippen LogP contribution is -2.06. The third-order valence-electron chi connectivity index (χ3n) is 2.10. The number of esters is 1. The van der Waals surface area contributed by atoms with E-state index in [1.807, 2.05) is 13.0 Å². The van der Waals surface area contributed by atoms with Gasteiger partial charge in [-0.05, 0) is 24.1 Å². The van der Waals surface area contributed by atoms with Crippen molar-refractivity contribution in [3.8, 4) is 6.07 Å². The molecule has 1 aromatic carbocycles. The Morgan fingerprint density at radius 3 is 2.73 bits per heavy atom. The molecule has 0 spiro atoms. The molecule has 0 aliphatic heterocycles. The number of nitrogens with zero attached hydrogens (tertiary/aromatic N) is 1. The van der Waals surface area contributed by atoms with Gasteiger partial charge in [-0.2, -0.15) is 5.26 Å². The molecule has 0 amide bonds. The molecule has 15 heavy (non-hydrogen) atoms. The Morgan fingerprint density at radius 1 is 1.60 bits per heavy atom. The number of benzene rings is 1. The normalized spacial score (nSPS) is 9.47. The van der Waals surface area contributed by atoms with Crippen molar-refractivity contribution in [3.05, 3.63) is 33.8 Å². The van der Waals surface area contributed by atoms with Gasteiger partial charge in [-0.15, -0.1) is 0 Å². The molecule has 0 saturated heterocycles. The molecule has 0 bridgehead atoms.